The van der Waals surface area contributed by atoms with Gasteiger partial charge >= 0.3 is 0 Å². The predicted molar refractivity (Wildman–Crippen MR) is 273 cm³/mol. The lowest BCUT2D eigenvalue weighted by Crippen LogP contribution is -1.93. The summed E-state index contributed by atoms with van der Waals surface area (Å²) in [4.78, 5) is 15.1. The fourth-order valence-electron chi connectivity index (χ4n) is 10.8. The highest BCUT2D eigenvalue weighted by Gasteiger charge is 2.25. The van der Waals surface area contributed by atoms with Gasteiger partial charge in [0.1, 0.15) is 0 Å². The van der Waals surface area contributed by atoms with E-state index in [1.807, 2.05) is 13.4 Å². The van der Waals surface area contributed by atoms with Crippen molar-refractivity contribution < 1.29 is 0 Å². The van der Waals surface area contributed by atoms with Crippen molar-refractivity contribution in [3.63, 3.8) is 0 Å². The van der Waals surface area contributed by atoms with Crippen LogP contribution in [0.2, 0.25) is 0 Å². The first-order chi connectivity index (χ1) is 32.6. The van der Waals surface area contributed by atoms with Crippen molar-refractivity contribution in [1.82, 2.24) is 19.5 Å². The normalized spacial score (nSPS) is 12.0. The number of nitrogens with zero attached hydrogens (tertiary/aromatic N) is 4. The van der Waals surface area contributed by atoms with Gasteiger partial charge < -0.3 is 4.57 Å². The number of hydrogen-bond donors (Lipinski definition) is 0. The summed E-state index contributed by atoms with van der Waals surface area (Å²) >= 11 is 0. The van der Waals surface area contributed by atoms with Gasteiger partial charge in [-0.3, -0.25) is 0 Å². The average molecular weight is 839 g/mol. The molecule has 2 aliphatic rings. The van der Waals surface area contributed by atoms with Crippen molar-refractivity contribution in [3.8, 4) is 112 Å². The summed E-state index contributed by atoms with van der Waals surface area (Å²) in [5.41, 5.74) is 25.2. The summed E-state index contributed by atoms with van der Waals surface area (Å²) in [6, 6.07) is 75.0. The molecule has 9 aromatic carbocycles. The van der Waals surface area contributed by atoms with E-state index in [1.54, 1.807) is 0 Å². The van der Waals surface area contributed by atoms with Gasteiger partial charge in [-0.15, -0.1) is 0 Å². The highest BCUT2D eigenvalue weighted by atomic mass is 15.0. The zero-order valence-corrected chi connectivity index (χ0v) is 36.0. The van der Waals surface area contributed by atoms with Crippen LogP contribution in [0.25, 0.3) is 144 Å². The maximum absolute atomic E-state index is 5.38. The predicted octanol–water partition coefficient (Wildman–Crippen LogP) is 16.0. The fourth-order valence-corrected chi connectivity index (χ4v) is 10.8. The van der Waals surface area contributed by atoms with E-state index >= 15 is 0 Å². The molecule has 2 aliphatic carbocycles. The molecular formula is C62H38N4. The number of hydrogen-bond acceptors (Lipinski definition) is 3. The van der Waals surface area contributed by atoms with E-state index in [-0.39, 0.29) is 0 Å². The van der Waals surface area contributed by atoms with Crippen LogP contribution in [0.1, 0.15) is 0 Å². The zero-order chi connectivity index (χ0) is 43.5. The Bertz CT molecular complexity index is 3980. The molecule has 4 heteroatoms. The molecule has 0 saturated carbocycles. The van der Waals surface area contributed by atoms with E-state index in [0.29, 0.717) is 0 Å². The van der Waals surface area contributed by atoms with Gasteiger partial charge in [0, 0.05) is 29.3 Å². The molecule has 3 heterocycles. The molecule has 4 nitrogen and oxygen atoms in total. The van der Waals surface area contributed by atoms with Crippen molar-refractivity contribution in [3.05, 3.63) is 213 Å². The summed E-state index contributed by atoms with van der Waals surface area (Å²) in [5.74, 6) is 0. The highest BCUT2D eigenvalue weighted by Crippen LogP contribution is 2.52. The molecular weight excluding hydrogens is 801 g/mol. The molecule has 0 bridgehead atoms. The number of imidazole rings is 1. The standard InChI is InChI=1S/C62H38N4/c1-66-36-63-57-30-24-41(35-60(57)66)55-21-10-22-56(64-55)46-26-29-53-54-32-40(23-25-45(54)49-18-9-19-50(46)62(49)53)38-13-7-14-39(31-38)42-33-58(37-11-3-2-4-12-37)65-59(34-42)47-27-28-52-44-16-6-5-15-43(44)48-17-8-20-51(47)61(48)52/h2-36H,1H3. The monoisotopic (exact) mass is 838 g/mol. The molecule has 14 rings (SSSR count). The van der Waals surface area contributed by atoms with Crippen LogP contribution in [0.15, 0.2) is 213 Å². The largest absolute Gasteiger partial charge is 0.334 e. The number of pyridine rings is 2. The number of rotatable bonds is 6. The summed E-state index contributed by atoms with van der Waals surface area (Å²) < 4.78 is 2.06. The van der Waals surface area contributed by atoms with E-state index < -0.39 is 0 Å². The van der Waals surface area contributed by atoms with Crippen molar-refractivity contribution in [2.75, 3.05) is 0 Å². The van der Waals surface area contributed by atoms with Gasteiger partial charge in [0.2, 0.25) is 0 Å². The molecule has 306 valence electrons. The van der Waals surface area contributed by atoms with Crippen LogP contribution in [-0.2, 0) is 7.05 Å². The lowest BCUT2D eigenvalue weighted by molar-refractivity contribution is 0.948. The first kappa shape index (κ1) is 36.7. The third kappa shape index (κ3) is 5.55. The minimum absolute atomic E-state index is 0.945. The average Bonchev–Trinajstić information content (AvgIpc) is 4.04. The maximum Gasteiger partial charge on any atom is 0.0955 e. The second-order valence-corrected chi connectivity index (χ2v) is 17.6. The van der Waals surface area contributed by atoms with Gasteiger partial charge in [-0.1, -0.05) is 158 Å². The van der Waals surface area contributed by atoms with E-state index in [1.165, 1.54) is 77.2 Å². The highest BCUT2D eigenvalue weighted by molar-refractivity contribution is 6.20. The number of aromatic nitrogens is 4. The second kappa shape index (κ2) is 14.1. The van der Waals surface area contributed by atoms with Crippen LogP contribution >= 0.6 is 0 Å². The Hall–Kier alpha value is -8.73. The molecule has 0 N–H and O–H groups in total. The molecule has 0 spiro atoms. The Kier molecular flexibility index (Phi) is 7.87. The van der Waals surface area contributed by atoms with Crippen molar-refractivity contribution in [2.45, 2.75) is 0 Å². The Morgan fingerprint density at radius 2 is 0.818 bits per heavy atom. The van der Waals surface area contributed by atoms with Gasteiger partial charge in [-0.05, 0) is 137 Å². The number of aryl methyl sites for hydroxylation is 1. The van der Waals surface area contributed by atoms with Crippen LogP contribution < -0.4 is 0 Å². The first-order valence-electron chi connectivity index (χ1n) is 22.5. The van der Waals surface area contributed by atoms with Gasteiger partial charge in [-0.2, -0.15) is 0 Å². The molecule has 0 saturated heterocycles. The molecule has 0 atom stereocenters. The third-order valence-electron chi connectivity index (χ3n) is 13.9. The number of benzene rings is 9. The van der Waals surface area contributed by atoms with Gasteiger partial charge in [0.05, 0.1) is 40.1 Å². The summed E-state index contributed by atoms with van der Waals surface area (Å²) in [5, 5.41) is 5.02. The van der Waals surface area contributed by atoms with Crippen molar-refractivity contribution in [1.29, 1.82) is 0 Å². The SMILES string of the molecule is Cn1cnc2ccc(-c3cccc(-c4ccc5c6c(cccc46)-c4ccc(-c6cccc(-c7cc(-c8ccccc8)nc(-c8ccc9c%10c(cccc8%10)-c8ccccc8-9)c7)c6)cc4-5)n3)cc21. The van der Waals surface area contributed by atoms with Crippen LogP contribution in [-0.4, -0.2) is 19.5 Å². The Balaban J connectivity index is 0.851. The molecule has 0 aliphatic heterocycles. The zero-order valence-electron chi connectivity index (χ0n) is 36.0. The Labute approximate surface area is 381 Å². The minimum Gasteiger partial charge on any atom is -0.334 e. The van der Waals surface area contributed by atoms with E-state index in [2.05, 4.69) is 216 Å². The molecule has 0 unspecified atom stereocenters. The van der Waals surface area contributed by atoms with E-state index in [4.69, 9.17) is 9.97 Å². The quantitative estimate of drug-likeness (QED) is 0.168. The molecule has 0 amide bonds. The van der Waals surface area contributed by atoms with Crippen molar-refractivity contribution >= 4 is 32.6 Å². The molecule has 12 aromatic rings. The minimum atomic E-state index is 0.945. The molecule has 66 heavy (non-hydrogen) atoms. The number of fused-ring (bicyclic) bond motifs is 7. The summed E-state index contributed by atoms with van der Waals surface area (Å²) in [6.45, 7) is 0. The van der Waals surface area contributed by atoms with Crippen LogP contribution in [0.5, 0.6) is 0 Å². The maximum atomic E-state index is 5.38. The van der Waals surface area contributed by atoms with Gasteiger partial charge in [-0.25, -0.2) is 15.0 Å². The fraction of sp³-hybridized carbons (Fsp3) is 0.0161. The smallest absolute Gasteiger partial charge is 0.0955 e. The topological polar surface area (TPSA) is 43.6 Å². The lowest BCUT2D eigenvalue weighted by atomic mass is 9.93. The Morgan fingerprint density at radius 1 is 0.303 bits per heavy atom. The van der Waals surface area contributed by atoms with Crippen LogP contribution in [0.3, 0.4) is 0 Å². The molecule has 0 radical (unpaired) electrons. The van der Waals surface area contributed by atoms with E-state index in [9.17, 15) is 0 Å². The summed E-state index contributed by atoms with van der Waals surface area (Å²) in [7, 11) is 2.03. The van der Waals surface area contributed by atoms with E-state index in [0.717, 1.165) is 67.2 Å². The molecule has 0 fully saturated rings. The van der Waals surface area contributed by atoms with Crippen LogP contribution in [0.4, 0.5) is 0 Å². The van der Waals surface area contributed by atoms with Gasteiger partial charge in [0.25, 0.3) is 0 Å². The van der Waals surface area contributed by atoms with Crippen molar-refractivity contribution in [2.24, 2.45) is 7.05 Å². The Morgan fingerprint density at radius 3 is 1.59 bits per heavy atom. The third-order valence-corrected chi connectivity index (χ3v) is 13.9. The molecule has 3 aromatic heterocycles. The first-order valence-corrected chi connectivity index (χ1v) is 22.5. The second-order valence-electron chi connectivity index (χ2n) is 17.6. The van der Waals surface area contributed by atoms with Crippen LogP contribution in [0, 0.1) is 0 Å². The summed E-state index contributed by atoms with van der Waals surface area (Å²) in [6.07, 6.45) is 1.86. The lowest BCUT2D eigenvalue weighted by Gasteiger charge is -2.14. The van der Waals surface area contributed by atoms with Gasteiger partial charge in [0.15, 0.2) is 0 Å².